The quantitative estimate of drug-likeness (QED) is 0.678. The van der Waals surface area contributed by atoms with Gasteiger partial charge < -0.3 is 14.0 Å². The maximum absolute atomic E-state index is 12.4. The summed E-state index contributed by atoms with van der Waals surface area (Å²) in [6.07, 6.45) is 6.16. The number of hydrogen-bond donors (Lipinski definition) is 0. The van der Waals surface area contributed by atoms with Gasteiger partial charge in [0.1, 0.15) is 11.2 Å². The van der Waals surface area contributed by atoms with Gasteiger partial charge in [-0.25, -0.2) is 8.42 Å². The number of hydrogen-bond acceptors (Lipinski definition) is 7. The van der Waals surface area contributed by atoms with E-state index < -0.39 is 10.0 Å². The first kappa shape index (κ1) is 15.8. The average Bonchev–Trinajstić information content (AvgIpc) is 3.36. The van der Waals surface area contributed by atoms with Gasteiger partial charge in [0.15, 0.2) is 11.6 Å². The average molecular weight is 360 g/mol. The second kappa shape index (κ2) is 6.30. The molecule has 0 aliphatic carbocycles. The van der Waals surface area contributed by atoms with E-state index in [9.17, 15) is 8.42 Å². The van der Waals surface area contributed by atoms with Crippen molar-refractivity contribution in [3.05, 3.63) is 49.1 Å². The molecule has 3 aromatic rings. The summed E-state index contributed by atoms with van der Waals surface area (Å²) in [5, 5.41) is 11.9. The van der Waals surface area contributed by atoms with Crippen LogP contribution in [0.2, 0.25) is 0 Å². The fraction of sp³-hybridized carbons (Fsp3) is 0.267. The lowest BCUT2D eigenvalue weighted by atomic mass is 10.3. The van der Waals surface area contributed by atoms with E-state index in [1.54, 1.807) is 0 Å². The van der Waals surface area contributed by atoms with Gasteiger partial charge in [0.05, 0.1) is 6.20 Å². The lowest BCUT2D eigenvalue weighted by molar-refractivity contribution is 0.382. The zero-order valence-electron chi connectivity index (χ0n) is 13.3. The fourth-order valence-corrected chi connectivity index (χ4v) is 4.02. The monoisotopic (exact) mass is 360 g/mol. The van der Waals surface area contributed by atoms with E-state index in [-0.39, 0.29) is 4.90 Å². The second-order valence-electron chi connectivity index (χ2n) is 5.59. The molecule has 130 valence electrons. The van der Waals surface area contributed by atoms with Crippen LogP contribution in [0.15, 0.2) is 58.5 Å². The largest absolute Gasteiger partial charge is 0.363 e. The Kier molecular flexibility index (Phi) is 3.98. The minimum absolute atomic E-state index is 0.0804. The van der Waals surface area contributed by atoms with Crippen LogP contribution in [-0.2, 0) is 10.0 Å². The van der Waals surface area contributed by atoms with Gasteiger partial charge in [-0.1, -0.05) is 5.16 Å². The molecule has 0 radical (unpaired) electrons. The highest BCUT2D eigenvalue weighted by molar-refractivity contribution is 7.89. The van der Waals surface area contributed by atoms with Crippen molar-refractivity contribution in [3.8, 4) is 5.82 Å². The van der Waals surface area contributed by atoms with Crippen molar-refractivity contribution in [2.24, 2.45) is 0 Å². The van der Waals surface area contributed by atoms with Crippen LogP contribution in [0.4, 0.5) is 5.82 Å². The molecule has 1 fully saturated rings. The van der Waals surface area contributed by atoms with Gasteiger partial charge in [0, 0.05) is 38.6 Å². The molecule has 9 nitrogen and oxygen atoms in total. The van der Waals surface area contributed by atoms with Crippen LogP contribution in [-0.4, -0.2) is 58.8 Å². The molecule has 1 aliphatic heterocycles. The Balaban J connectivity index is 1.44. The molecule has 0 spiro atoms. The van der Waals surface area contributed by atoms with E-state index in [1.807, 2.05) is 46.1 Å². The molecule has 0 unspecified atom stereocenters. The van der Waals surface area contributed by atoms with Crippen LogP contribution in [0.5, 0.6) is 0 Å². The Morgan fingerprint density at radius 1 is 0.960 bits per heavy atom. The van der Waals surface area contributed by atoms with E-state index in [4.69, 9.17) is 0 Å². The molecule has 4 heterocycles. The molecule has 3 aromatic heterocycles. The smallest absolute Gasteiger partial charge is 0.248 e. The third kappa shape index (κ3) is 3.01. The predicted octanol–water partition coefficient (Wildman–Crippen LogP) is 0.766. The van der Waals surface area contributed by atoms with Crippen molar-refractivity contribution in [1.29, 1.82) is 0 Å². The third-order valence-electron chi connectivity index (χ3n) is 4.12. The van der Waals surface area contributed by atoms with Gasteiger partial charge in [0.2, 0.25) is 10.0 Å². The fourth-order valence-electron chi connectivity index (χ4n) is 2.74. The van der Waals surface area contributed by atoms with Gasteiger partial charge in [0.25, 0.3) is 0 Å². The van der Waals surface area contributed by atoms with Gasteiger partial charge in [-0.3, -0.25) is 0 Å². The summed E-state index contributed by atoms with van der Waals surface area (Å²) >= 11 is 0. The first-order valence-electron chi connectivity index (χ1n) is 7.76. The van der Waals surface area contributed by atoms with Crippen molar-refractivity contribution in [1.82, 2.24) is 24.2 Å². The van der Waals surface area contributed by atoms with Crippen molar-refractivity contribution in [2.75, 3.05) is 31.1 Å². The molecule has 0 saturated carbocycles. The highest BCUT2D eigenvalue weighted by Crippen LogP contribution is 2.19. The normalized spacial score (nSPS) is 16.2. The van der Waals surface area contributed by atoms with Crippen molar-refractivity contribution >= 4 is 15.8 Å². The van der Waals surface area contributed by atoms with E-state index in [1.165, 1.54) is 10.5 Å². The van der Waals surface area contributed by atoms with Crippen LogP contribution in [0.25, 0.3) is 5.82 Å². The van der Waals surface area contributed by atoms with E-state index >= 15 is 0 Å². The maximum Gasteiger partial charge on any atom is 0.248 e. The Morgan fingerprint density at radius 3 is 2.24 bits per heavy atom. The van der Waals surface area contributed by atoms with Crippen LogP contribution in [0, 0.1) is 0 Å². The standard InChI is InChI=1S/C15H16N6O3S/c22-25(23,13-11-16-24-12-13)21-9-7-20(8-10-21)15-4-3-14(17-18-15)19-5-1-2-6-19/h1-6,11-12H,7-10H2. The molecular weight excluding hydrogens is 344 g/mol. The lowest BCUT2D eigenvalue weighted by Gasteiger charge is -2.34. The van der Waals surface area contributed by atoms with E-state index in [2.05, 4.69) is 19.9 Å². The Bertz CT molecular complexity index is 914. The molecule has 0 atom stereocenters. The van der Waals surface area contributed by atoms with Gasteiger partial charge in [-0.2, -0.15) is 4.31 Å². The number of aromatic nitrogens is 4. The summed E-state index contributed by atoms with van der Waals surface area (Å²) in [7, 11) is -3.55. The predicted molar refractivity (Wildman–Crippen MR) is 88.8 cm³/mol. The molecular formula is C15H16N6O3S. The van der Waals surface area contributed by atoms with Gasteiger partial charge >= 0.3 is 0 Å². The van der Waals surface area contributed by atoms with E-state index in [0.717, 1.165) is 17.9 Å². The van der Waals surface area contributed by atoms with Crippen LogP contribution < -0.4 is 4.90 Å². The maximum atomic E-state index is 12.4. The molecule has 0 aromatic carbocycles. The summed E-state index contributed by atoms with van der Waals surface area (Å²) < 4.78 is 32.8. The number of sulfonamides is 1. The summed E-state index contributed by atoms with van der Waals surface area (Å²) in [4.78, 5) is 2.10. The molecule has 0 N–H and O–H groups in total. The molecule has 1 saturated heterocycles. The summed E-state index contributed by atoms with van der Waals surface area (Å²) in [6.45, 7) is 1.83. The first-order chi connectivity index (χ1) is 12.1. The number of rotatable bonds is 4. The highest BCUT2D eigenvalue weighted by atomic mass is 32.2. The van der Waals surface area contributed by atoms with Gasteiger partial charge in [-0.15, -0.1) is 10.2 Å². The summed E-state index contributed by atoms with van der Waals surface area (Å²) in [5.74, 6) is 1.47. The van der Waals surface area contributed by atoms with Crippen molar-refractivity contribution in [2.45, 2.75) is 4.90 Å². The molecule has 1 aliphatic rings. The zero-order valence-corrected chi connectivity index (χ0v) is 14.1. The second-order valence-corrected chi connectivity index (χ2v) is 7.53. The minimum Gasteiger partial charge on any atom is -0.363 e. The van der Waals surface area contributed by atoms with Crippen LogP contribution in [0.3, 0.4) is 0 Å². The first-order valence-corrected chi connectivity index (χ1v) is 9.20. The van der Waals surface area contributed by atoms with Crippen LogP contribution in [0.1, 0.15) is 0 Å². The Labute approximate surface area is 144 Å². The molecule has 4 rings (SSSR count). The minimum atomic E-state index is -3.55. The molecule has 0 amide bonds. The zero-order chi connectivity index (χ0) is 17.3. The Hall–Kier alpha value is -2.72. The highest BCUT2D eigenvalue weighted by Gasteiger charge is 2.30. The molecule has 0 bridgehead atoms. The summed E-state index contributed by atoms with van der Waals surface area (Å²) in [6, 6.07) is 7.63. The number of piperazine rings is 1. The number of nitrogens with zero attached hydrogens (tertiary/aromatic N) is 6. The number of anilines is 1. The van der Waals surface area contributed by atoms with Crippen molar-refractivity contribution in [3.63, 3.8) is 0 Å². The van der Waals surface area contributed by atoms with Crippen molar-refractivity contribution < 1.29 is 12.9 Å². The van der Waals surface area contributed by atoms with E-state index in [0.29, 0.717) is 26.2 Å². The Morgan fingerprint density at radius 2 is 1.64 bits per heavy atom. The van der Waals surface area contributed by atoms with Crippen LogP contribution >= 0.6 is 0 Å². The SMILES string of the molecule is O=S(=O)(c1cnoc1)N1CCN(c2ccc(-n3cccc3)nn2)CC1. The third-order valence-corrected chi connectivity index (χ3v) is 5.96. The van der Waals surface area contributed by atoms with Gasteiger partial charge in [-0.05, 0) is 24.3 Å². The molecule has 25 heavy (non-hydrogen) atoms. The lowest BCUT2D eigenvalue weighted by Crippen LogP contribution is -2.48. The topological polar surface area (TPSA) is 97.4 Å². The summed E-state index contributed by atoms with van der Waals surface area (Å²) in [5.41, 5.74) is 0. The molecule has 10 heteroatoms.